The van der Waals surface area contributed by atoms with Gasteiger partial charge in [0.05, 0.1) is 12.5 Å². The van der Waals surface area contributed by atoms with Gasteiger partial charge in [-0.05, 0) is 44.0 Å². The number of carbonyl (C=O) groups is 1. The molecule has 0 saturated carbocycles. The van der Waals surface area contributed by atoms with E-state index in [1.807, 2.05) is 38.2 Å². The average Bonchev–Trinajstić information content (AvgIpc) is 2.94. The second-order valence-corrected chi connectivity index (χ2v) is 5.84. The van der Waals surface area contributed by atoms with Gasteiger partial charge in [-0.1, -0.05) is 0 Å². The minimum atomic E-state index is -0.627. The third kappa shape index (κ3) is 3.25. The van der Waals surface area contributed by atoms with Crippen molar-refractivity contribution in [3.8, 4) is 5.75 Å². The van der Waals surface area contributed by atoms with E-state index in [9.17, 15) is 4.79 Å². The number of methoxy groups -OCH3 is 2. The Kier molecular flexibility index (Phi) is 5.08. The lowest BCUT2D eigenvalue weighted by Gasteiger charge is -2.23. The molecule has 1 heterocycles. The number of ether oxygens (including phenoxy) is 2. The molecule has 1 amide bonds. The predicted octanol–water partition coefficient (Wildman–Crippen LogP) is 2.61. The zero-order valence-corrected chi connectivity index (χ0v) is 13.7. The average molecular weight is 304 g/mol. The Labute approximate surface area is 131 Å². The van der Waals surface area contributed by atoms with E-state index >= 15 is 0 Å². The van der Waals surface area contributed by atoms with E-state index < -0.39 is 5.41 Å². The maximum atomic E-state index is 12.5. The fraction of sp³-hybridized carbons (Fsp3) is 0.471. The van der Waals surface area contributed by atoms with Gasteiger partial charge in [0.1, 0.15) is 5.75 Å². The summed E-state index contributed by atoms with van der Waals surface area (Å²) in [6.07, 6.45) is 2.71. The van der Waals surface area contributed by atoms with Gasteiger partial charge in [0.25, 0.3) is 0 Å². The van der Waals surface area contributed by atoms with Crippen LogP contribution in [-0.4, -0.2) is 38.3 Å². The maximum absolute atomic E-state index is 12.5. The van der Waals surface area contributed by atoms with Gasteiger partial charge in [-0.3, -0.25) is 4.79 Å². The molecule has 120 valence electrons. The van der Waals surface area contributed by atoms with Crippen molar-refractivity contribution in [2.45, 2.75) is 25.7 Å². The van der Waals surface area contributed by atoms with Crippen molar-refractivity contribution in [1.29, 1.82) is 0 Å². The molecule has 0 saturated heterocycles. The molecule has 0 aliphatic rings. The first kappa shape index (κ1) is 16.4. The number of aromatic nitrogens is 1. The van der Waals surface area contributed by atoms with Crippen LogP contribution in [0, 0.1) is 0 Å². The van der Waals surface area contributed by atoms with E-state index in [0.29, 0.717) is 13.2 Å². The number of aromatic amines is 1. The third-order valence-corrected chi connectivity index (χ3v) is 3.94. The monoisotopic (exact) mass is 304 g/mol. The number of nitrogens with one attached hydrogen (secondary N) is 2. The molecule has 5 nitrogen and oxygen atoms in total. The van der Waals surface area contributed by atoms with Crippen molar-refractivity contribution in [3.05, 3.63) is 30.0 Å². The van der Waals surface area contributed by atoms with Crippen LogP contribution in [-0.2, 0) is 14.9 Å². The summed E-state index contributed by atoms with van der Waals surface area (Å²) in [5.74, 6) is 0.789. The quantitative estimate of drug-likeness (QED) is 0.773. The number of hydrogen-bond donors (Lipinski definition) is 2. The highest BCUT2D eigenvalue weighted by atomic mass is 16.5. The highest BCUT2D eigenvalue weighted by molar-refractivity contribution is 5.95. The molecule has 2 aromatic rings. The molecule has 5 heteroatoms. The lowest BCUT2D eigenvalue weighted by Crippen LogP contribution is -2.40. The van der Waals surface area contributed by atoms with E-state index in [1.165, 1.54) is 0 Å². The highest BCUT2D eigenvalue weighted by Gasteiger charge is 2.32. The van der Waals surface area contributed by atoms with Gasteiger partial charge in [-0.25, -0.2) is 0 Å². The molecule has 0 unspecified atom stereocenters. The van der Waals surface area contributed by atoms with Crippen LogP contribution >= 0.6 is 0 Å². The van der Waals surface area contributed by atoms with Crippen LogP contribution in [0.3, 0.4) is 0 Å². The summed E-state index contributed by atoms with van der Waals surface area (Å²) in [5.41, 5.74) is 1.33. The number of carbonyl (C=O) groups excluding carboxylic acids is 1. The number of rotatable bonds is 7. The van der Waals surface area contributed by atoms with Crippen LogP contribution in [0.4, 0.5) is 0 Å². The first-order valence-electron chi connectivity index (χ1n) is 7.43. The molecule has 1 aromatic heterocycles. The minimum Gasteiger partial charge on any atom is -0.497 e. The Bertz CT molecular complexity index is 646. The lowest BCUT2D eigenvalue weighted by molar-refractivity contribution is -0.125. The Balaban J connectivity index is 2.22. The summed E-state index contributed by atoms with van der Waals surface area (Å²) < 4.78 is 10.3. The standard InChI is InChI=1S/C17H24N2O3/c1-17(2,16(20)18-8-5-9-21-3)14-11-19-15-7-6-12(22-4)10-13(14)15/h6-7,10-11,19H,5,8-9H2,1-4H3,(H,18,20). The molecule has 22 heavy (non-hydrogen) atoms. The predicted molar refractivity (Wildman–Crippen MR) is 87.4 cm³/mol. The Morgan fingerprint density at radius 3 is 2.77 bits per heavy atom. The Hall–Kier alpha value is -2.01. The van der Waals surface area contributed by atoms with Gasteiger partial charge < -0.3 is 19.8 Å². The smallest absolute Gasteiger partial charge is 0.230 e. The molecular weight excluding hydrogens is 280 g/mol. The van der Waals surface area contributed by atoms with E-state index in [4.69, 9.17) is 9.47 Å². The molecule has 0 fully saturated rings. The molecule has 0 spiro atoms. The number of hydrogen-bond acceptors (Lipinski definition) is 3. The number of fused-ring (bicyclic) bond motifs is 1. The van der Waals surface area contributed by atoms with E-state index in [1.54, 1.807) is 14.2 Å². The fourth-order valence-corrected chi connectivity index (χ4v) is 2.51. The van der Waals surface area contributed by atoms with Gasteiger partial charge in [0.15, 0.2) is 0 Å². The molecule has 0 aliphatic heterocycles. The Morgan fingerprint density at radius 2 is 2.09 bits per heavy atom. The van der Waals surface area contributed by atoms with Crippen LogP contribution in [0.5, 0.6) is 5.75 Å². The van der Waals surface area contributed by atoms with E-state index in [2.05, 4.69) is 10.3 Å². The third-order valence-electron chi connectivity index (χ3n) is 3.94. The van der Waals surface area contributed by atoms with Gasteiger partial charge in [0.2, 0.25) is 5.91 Å². The van der Waals surface area contributed by atoms with E-state index in [0.717, 1.165) is 28.6 Å². The Morgan fingerprint density at radius 1 is 1.32 bits per heavy atom. The molecule has 2 rings (SSSR count). The SMILES string of the molecule is COCCCNC(=O)C(C)(C)c1c[nH]c2ccc(OC)cc12. The molecule has 0 aliphatic carbocycles. The second kappa shape index (κ2) is 6.83. The van der Waals surface area contributed by atoms with Crippen molar-refractivity contribution in [2.24, 2.45) is 0 Å². The van der Waals surface area contributed by atoms with Gasteiger partial charge in [-0.2, -0.15) is 0 Å². The number of amides is 1. The topological polar surface area (TPSA) is 63.3 Å². The second-order valence-electron chi connectivity index (χ2n) is 5.84. The molecule has 1 aromatic carbocycles. The van der Waals surface area contributed by atoms with Crippen LogP contribution < -0.4 is 10.1 Å². The zero-order chi connectivity index (χ0) is 16.2. The van der Waals surface area contributed by atoms with Gasteiger partial charge in [0, 0.05) is 37.4 Å². The molecule has 0 bridgehead atoms. The van der Waals surface area contributed by atoms with Crippen LogP contribution in [0.15, 0.2) is 24.4 Å². The molecule has 2 N–H and O–H groups in total. The molecular formula is C17H24N2O3. The summed E-state index contributed by atoms with van der Waals surface area (Å²) >= 11 is 0. The molecule has 0 atom stereocenters. The van der Waals surface area contributed by atoms with Crippen molar-refractivity contribution in [1.82, 2.24) is 10.3 Å². The van der Waals surface area contributed by atoms with E-state index in [-0.39, 0.29) is 5.91 Å². The largest absolute Gasteiger partial charge is 0.497 e. The summed E-state index contributed by atoms with van der Waals surface area (Å²) in [6.45, 7) is 5.12. The number of H-pyrrole nitrogens is 1. The lowest BCUT2D eigenvalue weighted by atomic mass is 9.83. The summed E-state index contributed by atoms with van der Waals surface area (Å²) in [5, 5.41) is 3.99. The summed E-state index contributed by atoms with van der Waals surface area (Å²) in [6, 6.07) is 5.83. The highest BCUT2D eigenvalue weighted by Crippen LogP contribution is 2.32. The van der Waals surface area contributed by atoms with Crippen molar-refractivity contribution in [2.75, 3.05) is 27.4 Å². The van der Waals surface area contributed by atoms with Crippen molar-refractivity contribution < 1.29 is 14.3 Å². The number of benzene rings is 1. The minimum absolute atomic E-state index is 0.00678. The van der Waals surface area contributed by atoms with Gasteiger partial charge >= 0.3 is 0 Å². The van der Waals surface area contributed by atoms with Crippen LogP contribution in [0.2, 0.25) is 0 Å². The van der Waals surface area contributed by atoms with Crippen LogP contribution in [0.1, 0.15) is 25.8 Å². The normalized spacial score (nSPS) is 11.6. The zero-order valence-electron chi connectivity index (χ0n) is 13.7. The fourth-order valence-electron chi connectivity index (χ4n) is 2.51. The summed E-state index contributed by atoms with van der Waals surface area (Å²) in [4.78, 5) is 15.7. The van der Waals surface area contributed by atoms with Gasteiger partial charge in [-0.15, -0.1) is 0 Å². The van der Waals surface area contributed by atoms with Crippen molar-refractivity contribution in [3.63, 3.8) is 0 Å². The summed E-state index contributed by atoms with van der Waals surface area (Å²) in [7, 11) is 3.30. The maximum Gasteiger partial charge on any atom is 0.230 e. The van der Waals surface area contributed by atoms with Crippen molar-refractivity contribution >= 4 is 16.8 Å². The first-order chi connectivity index (χ1) is 10.5. The first-order valence-corrected chi connectivity index (χ1v) is 7.43. The molecule has 0 radical (unpaired) electrons. The van der Waals surface area contributed by atoms with Crippen LogP contribution in [0.25, 0.3) is 10.9 Å².